The van der Waals surface area contributed by atoms with Crippen molar-refractivity contribution in [2.75, 3.05) is 39.5 Å². The number of rotatable bonds is 6. The number of esters is 1. The van der Waals surface area contributed by atoms with Crippen molar-refractivity contribution in [3.05, 3.63) is 41.5 Å². The highest BCUT2D eigenvalue weighted by Gasteiger charge is 2.15. The van der Waals surface area contributed by atoms with Gasteiger partial charge in [-0.2, -0.15) is 0 Å². The lowest BCUT2D eigenvalue weighted by atomic mass is 10.1. The topological polar surface area (TPSA) is 38.8 Å². The molecule has 21 heavy (non-hydrogen) atoms. The SMILES string of the molecule is CCOC(=O)/C(=C/c1ccccc1)CCN1CCOCC1. The van der Waals surface area contributed by atoms with Crippen LogP contribution in [0, 0.1) is 0 Å². The second-order valence-corrected chi connectivity index (χ2v) is 5.00. The number of hydrogen-bond donors (Lipinski definition) is 0. The van der Waals surface area contributed by atoms with Gasteiger partial charge < -0.3 is 9.47 Å². The molecule has 1 aromatic rings. The molecule has 1 heterocycles. The van der Waals surface area contributed by atoms with Crippen LogP contribution in [0.3, 0.4) is 0 Å². The number of benzene rings is 1. The first-order chi connectivity index (χ1) is 10.3. The minimum absolute atomic E-state index is 0.213. The predicted molar refractivity (Wildman–Crippen MR) is 82.9 cm³/mol. The third kappa shape index (κ3) is 5.33. The fourth-order valence-corrected chi connectivity index (χ4v) is 2.31. The van der Waals surface area contributed by atoms with Gasteiger partial charge in [0.05, 0.1) is 19.8 Å². The number of ether oxygens (including phenoxy) is 2. The number of hydrogen-bond acceptors (Lipinski definition) is 4. The van der Waals surface area contributed by atoms with Gasteiger partial charge in [-0.05, 0) is 25.0 Å². The number of morpholine rings is 1. The van der Waals surface area contributed by atoms with Gasteiger partial charge in [0.1, 0.15) is 0 Å². The predicted octanol–water partition coefficient (Wildman–Crippen LogP) is 2.36. The molecule has 114 valence electrons. The molecular formula is C17H23NO3. The Bertz CT molecular complexity index is 464. The van der Waals surface area contributed by atoms with Crippen LogP contribution in [0.2, 0.25) is 0 Å². The van der Waals surface area contributed by atoms with Crippen LogP contribution in [0.1, 0.15) is 18.9 Å². The zero-order valence-corrected chi connectivity index (χ0v) is 12.6. The Morgan fingerprint density at radius 1 is 1.29 bits per heavy atom. The molecule has 1 aliphatic rings. The van der Waals surface area contributed by atoms with E-state index in [0.717, 1.165) is 44.0 Å². The first-order valence-corrected chi connectivity index (χ1v) is 7.52. The molecule has 0 N–H and O–H groups in total. The van der Waals surface area contributed by atoms with E-state index in [1.54, 1.807) is 0 Å². The van der Waals surface area contributed by atoms with Crippen LogP contribution in [0.4, 0.5) is 0 Å². The average molecular weight is 289 g/mol. The van der Waals surface area contributed by atoms with Crippen LogP contribution in [-0.4, -0.2) is 50.3 Å². The van der Waals surface area contributed by atoms with Crippen molar-refractivity contribution in [2.45, 2.75) is 13.3 Å². The van der Waals surface area contributed by atoms with Gasteiger partial charge in [0.15, 0.2) is 0 Å². The maximum atomic E-state index is 12.1. The highest BCUT2D eigenvalue weighted by molar-refractivity contribution is 5.93. The van der Waals surface area contributed by atoms with Gasteiger partial charge in [0, 0.05) is 25.2 Å². The van der Waals surface area contributed by atoms with Gasteiger partial charge in [-0.25, -0.2) is 4.79 Å². The number of nitrogens with zero attached hydrogens (tertiary/aromatic N) is 1. The maximum absolute atomic E-state index is 12.1. The Labute approximate surface area is 126 Å². The molecule has 2 rings (SSSR count). The second kappa shape index (κ2) is 8.60. The Morgan fingerprint density at radius 3 is 2.67 bits per heavy atom. The molecule has 4 nitrogen and oxygen atoms in total. The first-order valence-electron chi connectivity index (χ1n) is 7.52. The fraction of sp³-hybridized carbons (Fsp3) is 0.471. The second-order valence-electron chi connectivity index (χ2n) is 5.00. The summed E-state index contributed by atoms with van der Waals surface area (Å²) in [7, 11) is 0. The van der Waals surface area contributed by atoms with Crippen molar-refractivity contribution >= 4 is 12.0 Å². The lowest BCUT2D eigenvalue weighted by molar-refractivity contribution is -0.138. The summed E-state index contributed by atoms with van der Waals surface area (Å²) in [5.74, 6) is -0.213. The van der Waals surface area contributed by atoms with E-state index in [9.17, 15) is 4.79 Å². The summed E-state index contributed by atoms with van der Waals surface area (Å²) in [6.07, 6.45) is 2.63. The molecule has 0 atom stereocenters. The van der Waals surface area contributed by atoms with Crippen LogP contribution < -0.4 is 0 Å². The van der Waals surface area contributed by atoms with Gasteiger partial charge in [0.2, 0.25) is 0 Å². The van der Waals surface area contributed by atoms with Gasteiger partial charge in [-0.1, -0.05) is 30.3 Å². The van der Waals surface area contributed by atoms with Crippen LogP contribution >= 0.6 is 0 Å². The van der Waals surface area contributed by atoms with E-state index >= 15 is 0 Å². The van der Waals surface area contributed by atoms with Crippen molar-refractivity contribution in [2.24, 2.45) is 0 Å². The van der Waals surface area contributed by atoms with Crippen molar-refractivity contribution in [3.8, 4) is 0 Å². The van der Waals surface area contributed by atoms with E-state index in [1.165, 1.54) is 0 Å². The zero-order chi connectivity index (χ0) is 14.9. The minimum Gasteiger partial charge on any atom is -0.463 e. The quantitative estimate of drug-likeness (QED) is 0.595. The summed E-state index contributed by atoms with van der Waals surface area (Å²) in [4.78, 5) is 14.4. The van der Waals surface area contributed by atoms with Crippen LogP contribution in [0.25, 0.3) is 6.08 Å². The Hall–Kier alpha value is -1.65. The van der Waals surface area contributed by atoms with E-state index in [2.05, 4.69) is 4.90 Å². The summed E-state index contributed by atoms with van der Waals surface area (Å²) in [6, 6.07) is 9.89. The van der Waals surface area contributed by atoms with Gasteiger partial charge in [-0.15, -0.1) is 0 Å². The molecule has 4 heteroatoms. The largest absolute Gasteiger partial charge is 0.463 e. The molecule has 1 aromatic carbocycles. The molecule has 0 saturated carbocycles. The summed E-state index contributed by atoms with van der Waals surface area (Å²) in [5, 5.41) is 0. The summed E-state index contributed by atoms with van der Waals surface area (Å²) < 4.78 is 10.5. The van der Waals surface area contributed by atoms with Gasteiger partial charge in [0.25, 0.3) is 0 Å². The molecule has 0 amide bonds. The van der Waals surface area contributed by atoms with E-state index in [-0.39, 0.29) is 5.97 Å². The normalized spacial score (nSPS) is 16.7. The number of carbonyl (C=O) groups is 1. The third-order valence-corrected chi connectivity index (χ3v) is 3.48. The molecule has 0 aromatic heterocycles. The molecular weight excluding hydrogens is 266 g/mol. The van der Waals surface area contributed by atoms with Gasteiger partial charge >= 0.3 is 5.97 Å². The van der Waals surface area contributed by atoms with Crippen molar-refractivity contribution in [1.82, 2.24) is 4.90 Å². The molecule has 1 saturated heterocycles. The maximum Gasteiger partial charge on any atom is 0.334 e. The summed E-state index contributed by atoms with van der Waals surface area (Å²) >= 11 is 0. The van der Waals surface area contributed by atoms with Crippen LogP contribution in [0.5, 0.6) is 0 Å². The average Bonchev–Trinajstić information content (AvgIpc) is 2.53. The standard InChI is InChI=1S/C17H23NO3/c1-2-21-17(19)16(14-15-6-4-3-5-7-15)8-9-18-10-12-20-13-11-18/h3-7,14H,2,8-13H2,1H3/b16-14+. The van der Waals surface area contributed by atoms with Crippen LogP contribution in [-0.2, 0) is 14.3 Å². The Balaban J connectivity index is 2.01. The first kappa shape index (κ1) is 15.7. The monoisotopic (exact) mass is 289 g/mol. The molecule has 0 aliphatic carbocycles. The Kier molecular flexibility index (Phi) is 6.44. The number of carbonyl (C=O) groups excluding carboxylic acids is 1. The third-order valence-electron chi connectivity index (χ3n) is 3.48. The van der Waals surface area contributed by atoms with Gasteiger partial charge in [-0.3, -0.25) is 4.90 Å². The van der Waals surface area contributed by atoms with E-state index in [4.69, 9.17) is 9.47 Å². The molecule has 1 fully saturated rings. The fourth-order valence-electron chi connectivity index (χ4n) is 2.31. The zero-order valence-electron chi connectivity index (χ0n) is 12.6. The highest BCUT2D eigenvalue weighted by atomic mass is 16.5. The van der Waals surface area contributed by atoms with Crippen molar-refractivity contribution in [1.29, 1.82) is 0 Å². The summed E-state index contributed by atoms with van der Waals surface area (Å²) in [5.41, 5.74) is 1.76. The van der Waals surface area contributed by atoms with Crippen LogP contribution in [0.15, 0.2) is 35.9 Å². The summed E-state index contributed by atoms with van der Waals surface area (Å²) in [6.45, 7) is 6.51. The highest BCUT2D eigenvalue weighted by Crippen LogP contribution is 2.13. The lowest BCUT2D eigenvalue weighted by Gasteiger charge is -2.26. The van der Waals surface area contributed by atoms with E-state index in [1.807, 2.05) is 43.3 Å². The molecule has 0 radical (unpaired) electrons. The molecule has 0 spiro atoms. The van der Waals surface area contributed by atoms with E-state index < -0.39 is 0 Å². The van der Waals surface area contributed by atoms with Crippen molar-refractivity contribution in [3.63, 3.8) is 0 Å². The van der Waals surface area contributed by atoms with Crippen molar-refractivity contribution < 1.29 is 14.3 Å². The minimum atomic E-state index is -0.213. The smallest absolute Gasteiger partial charge is 0.334 e. The lowest BCUT2D eigenvalue weighted by Crippen LogP contribution is -2.37. The molecule has 0 unspecified atom stereocenters. The Morgan fingerprint density at radius 2 is 2.00 bits per heavy atom. The molecule has 1 aliphatic heterocycles. The molecule has 0 bridgehead atoms. The van der Waals surface area contributed by atoms with E-state index in [0.29, 0.717) is 13.0 Å².